The van der Waals surface area contributed by atoms with E-state index in [0.717, 1.165) is 24.1 Å². The van der Waals surface area contributed by atoms with E-state index >= 15 is 0 Å². The maximum absolute atomic E-state index is 12.9. The molecule has 7 heteroatoms. The summed E-state index contributed by atoms with van der Waals surface area (Å²) in [7, 11) is -3.56. The number of hydrogen-bond donors (Lipinski definition) is 0. The number of nitrogens with zero attached hydrogens (tertiary/aromatic N) is 2. The van der Waals surface area contributed by atoms with E-state index in [-0.39, 0.29) is 23.9 Å². The number of Topliss-reactive ketones (excluding diaryl/α,β-unsaturated/α-hetero) is 1. The second kappa shape index (κ2) is 8.02. The number of ketones is 1. The Balaban J connectivity index is 1.61. The average molecular weight is 391 g/mol. The maximum Gasteiger partial charge on any atom is 0.162 e. The molecule has 1 fully saturated rings. The number of rotatable bonds is 7. The van der Waals surface area contributed by atoms with Crippen LogP contribution >= 0.6 is 0 Å². The molecule has 0 amide bonds. The molecule has 0 atom stereocenters. The van der Waals surface area contributed by atoms with Crippen LogP contribution < -0.4 is 0 Å². The van der Waals surface area contributed by atoms with Crippen molar-refractivity contribution < 1.29 is 17.9 Å². The molecule has 1 aromatic carbocycles. The van der Waals surface area contributed by atoms with E-state index in [1.54, 1.807) is 0 Å². The van der Waals surface area contributed by atoms with E-state index in [9.17, 15) is 13.2 Å². The van der Waals surface area contributed by atoms with Gasteiger partial charge in [0.25, 0.3) is 0 Å². The van der Waals surface area contributed by atoms with Gasteiger partial charge >= 0.3 is 0 Å². The second-order valence-electron chi connectivity index (χ2n) is 7.70. The van der Waals surface area contributed by atoms with Crippen LogP contribution in [0.5, 0.6) is 0 Å². The maximum atomic E-state index is 12.9. The van der Waals surface area contributed by atoms with Gasteiger partial charge in [-0.3, -0.25) is 4.79 Å². The van der Waals surface area contributed by atoms with Crippen molar-refractivity contribution in [3.8, 4) is 0 Å². The lowest BCUT2D eigenvalue weighted by Crippen LogP contribution is -2.44. The lowest BCUT2D eigenvalue weighted by Gasteiger charge is -2.28. The summed E-state index contributed by atoms with van der Waals surface area (Å²) in [6.07, 6.45) is 1.95. The summed E-state index contributed by atoms with van der Waals surface area (Å²) in [6.45, 7) is 4.20. The molecule has 0 radical (unpaired) electrons. The first-order chi connectivity index (χ1) is 12.8. The highest BCUT2D eigenvalue weighted by Gasteiger charge is 2.42. The fourth-order valence-corrected chi connectivity index (χ4v) is 5.08. The first-order valence-corrected chi connectivity index (χ1v) is 11.0. The van der Waals surface area contributed by atoms with Gasteiger partial charge in [-0.25, -0.2) is 8.42 Å². The van der Waals surface area contributed by atoms with Crippen molar-refractivity contribution in [3.63, 3.8) is 0 Å². The van der Waals surface area contributed by atoms with E-state index in [4.69, 9.17) is 4.74 Å². The fraction of sp³-hybridized carbons (Fsp3) is 0.550. The number of hydrogen-bond acceptors (Lipinski definition) is 6. The highest BCUT2D eigenvalue weighted by atomic mass is 32.2. The van der Waals surface area contributed by atoms with Crippen molar-refractivity contribution >= 4 is 27.0 Å². The molecule has 2 aliphatic heterocycles. The predicted octanol–water partition coefficient (Wildman–Crippen LogP) is 2.81. The van der Waals surface area contributed by atoms with Gasteiger partial charge in [-0.2, -0.15) is 10.2 Å². The third-order valence-electron chi connectivity index (χ3n) is 5.40. The van der Waals surface area contributed by atoms with Gasteiger partial charge < -0.3 is 4.74 Å². The van der Waals surface area contributed by atoms with Crippen LogP contribution in [0, 0.1) is 5.92 Å². The molecule has 1 aromatic rings. The van der Waals surface area contributed by atoms with Crippen LogP contribution in [0.4, 0.5) is 0 Å². The summed E-state index contributed by atoms with van der Waals surface area (Å²) < 4.78 is 29.6. The summed E-state index contributed by atoms with van der Waals surface area (Å²) in [5.41, 5.74) is 2.39. The average Bonchev–Trinajstić information content (AvgIpc) is 3.11. The van der Waals surface area contributed by atoms with Crippen molar-refractivity contribution in [2.24, 2.45) is 16.1 Å². The predicted molar refractivity (Wildman–Crippen MR) is 106 cm³/mol. The number of carbonyl (C=O) groups is 1. The van der Waals surface area contributed by atoms with Gasteiger partial charge in [0, 0.05) is 26.1 Å². The van der Waals surface area contributed by atoms with Gasteiger partial charge in [0.1, 0.15) is 4.75 Å². The number of benzene rings is 1. The van der Waals surface area contributed by atoms with Gasteiger partial charge in [0.05, 0.1) is 17.2 Å². The summed E-state index contributed by atoms with van der Waals surface area (Å²) in [4.78, 5) is 12.8. The molecule has 0 unspecified atom stereocenters. The Labute approximate surface area is 160 Å². The van der Waals surface area contributed by atoms with Crippen molar-refractivity contribution in [1.29, 1.82) is 0 Å². The third kappa shape index (κ3) is 4.52. The Morgan fingerprint density at radius 3 is 2.48 bits per heavy atom. The largest absolute Gasteiger partial charge is 0.381 e. The summed E-state index contributed by atoms with van der Waals surface area (Å²) in [5, 5.41) is 8.28. The van der Waals surface area contributed by atoms with Crippen LogP contribution in [-0.4, -0.2) is 49.3 Å². The van der Waals surface area contributed by atoms with Crippen LogP contribution in [0.25, 0.3) is 0 Å². The van der Waals surface area contributed by atoms with Gasteiger partial charge in [-0.15, -0.1) is 0 Å². The van der Waals surface area contributed by atoms with E-state index in [1.807, 2.05) is 30.3 Å². The molecule has 1 saturated heterocycles. The smallest absolute Gasteiger partial charge is 0.162 e. The monoisotopic (exact) mass is 390 g/mol. The molecule has 2 aliphatic rings. The molecule has 3 rings (SSSR count). The zero-order chi connectivity index (χ0) is 19.5. The summed E-state index contributed by atoms with van der Waals surface area (Å²) in [5.74, 6) is -0.224. The number of ether oxygens (including phenoxy) is 1. The summed E-state index contributed by atoms with van der Waals surface area (Å²) in [6, 6.07) is 9.67. The van der Waals surface area contributed by atoms with Gasteiger partial charge in [-0.05, 0) is 38.2 Å². The van der Waals surface area contributed by atoms with Crippen LogP contribution in [0.2, 0.25) is 0 Å². The van der Waals surface area contributed by atoms with Gasteiger partial charge in [0.15, 0.2) is 15.6 Å². The highest BCUT2D eigenvalue weighted by Crippen LogP contribution is 2.27. The standard InChI is InChI=1S/C20H26N2O4S/c1-20(2,27(24,25)14-15-8-10-26-11-9-15)19(23)13-17-12-18(22-21-17)16-6-4-3-5-7-16/h3-7,15H,8-14H2,1-2H3. The van der Waals surface area contributed by atoms with Crippen LogP contribution in [-0.2, 0) is 19.4 Å². The minimum atomic E-state index is -3.56. The van der Waals surface area contributed by atoms with Crippen molar-refractivity contribution in [1.82, 2.24) is 0 Å². The normalized spacial score (nSPS) is 18.9. The highest BCUT2D eigenvalue weighted by molar-refractivity contribution is 7.93. The van der Waals surface area contributed by atoms with Crippen molar-refractivity contribution in [3.05, 3.63) is 35.9 Å². The molecular formula is C20H26N2O4S. The molecule has 0 N–H and O–H groups in total. The lowest BCUT2D eigenvalue weighted by molar-refractivity contribution is -0.119. The first kappa shape index (κ1) is 19.9. The quantitative estimate of drug-likeness (QED) is 0.716. The fourth-order valence-electron chi connectivity index (χ4n) is 3.29. The first-order valence-electron chi connectivity index (χ1n) is 9.30. The van der Waals surface area contributed by atoms with E-state index in [2.05, 4.69) is 10.2 Å². The zero-order valence-electron chi connectivity index (χ0n) is 15.8. The molecule has 2 heterocycles. The van der Waals surface area contributed by atoms with E-state index in [0.29, 0.717) is 25.3 Å². The van der Waals surface area contributed by atoms with E-state index in [1.165, 1.54) is 13.8 Å². The Kier molecular flexibility index (Phi) is 5.91. The van der Waals surface area contributed by atoms with Gasteiger partial charge in [-0.1, -0.05) is 30.3 Å². The topological polar surface area (TPSA) is 85.2 Å². The summed E-state index contributed by atoms with van der Waals surface area (Å²) >= 11 is 0. The molecule has 0 spiro atoms. The molecule has 0 bridgehead atoms. The minimum Gasteiger partial charge on any atom is -0.381 e. The zero-order valence-corrected chi connectivity index (χ0v) is 16.7. The molecule has 6 nitrogen and oxygen atoms in total. The Morgan fingerprint density at radius 2 is 1.81 bits per heavy atom. The van der Waals surface area contributed by atoms with Crippen molar-refractivity contribution in [2.75, 3.05) is 19.0 Å². The number of sulfone groups is 1. The molecular weight excluding hydrogens is 364 g/mol. The number of carbonyl (C=O) groups excluding carboxylic acids is 1. The molecule has 0 aliphatic carbocycles. The molecule has 146 valence electrons. The molecule has 0 aromatic heterocycles. The Bertz CT molecular complexity index is 851. The molecule has 0 saturated carbocycles. The Morgan fingerprint density at radius 1 is 1.15 bits per heavy atom. The van der Waals surface area contributed by atoms with E-state index < -0.39 is 14.6 Å². The second-order valence-corrected chi connectivity index (χ2v) is 10.3. The SMILES string of the molecule is CC(C)(C(=O)CC1=NN=C(c2ccccc2)C1)S(=O)(=O)CC1CCOCC1. The van der Waals surface area contributed by atoms with Gasteiger partial charge in [0.2, 0.25) is 0 Å². The molecule has 27 heavy (non-hydrogen) atoms. The Hall–Kier alpha value is -1.86. The van der Waals surface area contributed by atoms with Crippen LogP contribution in [0.1, 0.15) is 45.1 Å². The van der Waals surface area contributed by atoms with Crippen LogP contribution in [0.15, 0.2) is 40.5 Å². The van der Waals surface area contributed by atoms with Crippen LogP contribution in [0.3, 0.4) is 0 Å². The lowest BCUT2D eigenvalue weighted by atomic mass is 9.98. The van der Waals surface area contributed by atoms with Crippen molar-refractivity contribution in [2.45, 2.75) is 44.3 Å². The third-order valence-corrected chi connectivity index (χ3v) is 8.09. The minimum absolute atomic E-state index is 0.0137.